The fourth-order valence-corrected chi connectivity index (χ4v) is 3.32. The summed E-state index contributed by atoms with van der Waals surface area (Å²) in [5.74, 6) is 1.46. The summed E-state index contributed by atoms with van der Waals surface area (Å²) in [4.78, 5) is 29.9. The highest BCUT2D eigenvalue weighted by atomic mass is 16.1. The molecule has 1 aliphatic rings. The summed E-state index contributed by atoms with van der Waals surface area (Å²) in [6.45, 7) is 8.83. The molecule has 3 rings (SSSR count). The third-order valence-electron chi connectivity index (χ3n) is 4.99. The summed E-state index contributed by atoms with van der Waals surface area (Å²) in [7, 11) is 1.75. The van der Waals surface area contributed by atoms with E-state index < -0.39 is 0 Å². The van der Waals surface area contributed by atoms with Gasteiger partial charge in [0.15, 0.2) is 11.8 Å². The zero-order valence-electron chi connectivity index (χ0n) is 16.9. The molecule has 3 heterocycles. The van der Waals surface area contributed by atoms with Gasteiger partial charge in [0.25, 0.3) is 5.56 Å². The molecule has 2 aromatic heterocycles. The second-order valence-electron chi connectivity index (χ2n) is 6.93. The van der Waals surface area contributed by atoms with Gasteiger partial charge in [0.1, 0.15) is 0 Å². The van der Waals surface area contributed by atoms with Crippen LogP contribution in [0.1, 0.15) is 18.1 Å². The van der Waals surface area contributed by atoms with E-state index in [1.165, 1.54) is 11.1 Å². The molecule has 28 heavy (non-hydrogen) atoms. The number of aliphatic imine (C=N–C) groups is 1. The van der Waals surface area contributed by atoms with Crippen LogP contribution in [0.4, 0.5) is 5.82 Å². The van der Waals surface area contributed by atoms with E-state index in [4.69, 9.17) is 4.99 Å². The number of nitrogens with one attached hydrogen (secondary N) is 1. The van der Waals surface area contributed by atoms with Crippen LogP contribution in [-0.2, 0) is 13.5 Å². The molecule has 0 aliphatic carbocycles. The van der Waals surface area contributed by atoms with Crippen molar-refractivity contribution in [2.45, 2.75) is 20.3 Å². The first-order valence-electron chi connectivity index (χ1n) is 9.79. The lowest BCUT2D eigenvalue weighted by molar-refractivity contribution is 0.371. The van der Waals surface area contributed by atoms with Gasteiger partial charge in [0.05, 0.1) is 0 Å². The van der Waals surface area contributed by atoms with E-state index in [0.717, 1.165) is 51.6 Å². The minimum atomic E-state index is -0.0516. The van der Waals surface area contributed by atoms with Gasteiger partial charge in [-0.3, -0.25) is 14.8 Å². The second kappa shape index (κ2) is 9.34. The molecule has 1 aliphatic heterocycles. The number of hydrogen-bond acceptors (Lipinski definition) is 5. The first-order valence-corrected chi connectivity index (χ1v) is 9.79. The topological polar surface area (TPSA) is 78.7 Å². The molecule has 0 bridgehead atoms. The van der Waals surface area contributed by atoms with Crippen molar-refractivity contribution in [1.29, 1.82) is 0 Å². The third-order valence-corrected chi connectivity index (χ3v) is 4.99. The fourth-order valence-electron chi connectivity index (χ4n) is 3.32. The molecule has 8 nitrogen and oxygen atoms in total. The Bertz CT molecular complexity index is 869. The largest absolute Gasteiger partial charge is 0.357 e. The minimum absolute atomic E-state index is 0.0516. The normalized spacial score (nSPS) is 15.0. The Kier molecular flexibility index (Phi) is 6.62. The maximum atomic E-state index is 12.3. The van der Waals surface area contributed by atoms with E-state index in [-0.39, 0.29) is 5.56 Å². The van der Waals surface area contributed by atoms with Crippen molar-refractivity contribution < 1.29 is 0 Å². The molecular formula is C20H29N7O. The minimum Gasteiger partial charge on any atom is -0.357 e. The number of anilines is 1. The lowest BCUT2D eigenvalue weighted by atomic mass is 10.1. The van der Waals surface area contributed by atoms with Gasteiger partial charge in [0, 0.05) is 71.1 Å². The van der Waals surface area contributed by atoms with Gasteiger partial charge in [-0.2, -0.15) is 0 Å². The molecule has 1 N–H and O–H groups in total. The lowest BCUT2D eigenvalue weighted by Crippen LogP contribution is -2.53. The van der Waals surface area contributed by atoms with Crippen LogP contribution in [-0.4, -0.2) is 64.7 Å². The van der Waals surface area contributed by atoms with Gasteiger partial charge in [-0.25, -0.2) is 4.98 Å². The number of nitrogens with zero attached hydrogens (tertiary/aromatic N) is 6. The number of aryl methyl sites for hydroxylation is 2. The third kappa shape index (κ3) is 4.68. The fraction of sp³-hybridized carbons (Fsp3) is 0.500. The monoisotopic (exact) mass is 383 g/mol. The van der Waals surface area contributed by atoms with Crippen LogP contribution in [0.15, 0.2) is 40.6 Å². The smallest absolute Gasteiger partial charge is 0.293 e. The molecular weight excluding hydrogens is 354 g/mol. The van der Waals surface area contributed by atoms with Crippen LogP contribution in [0.25, 0.3) is 0 Å². The van der Waals surface area contributed by atoms with Crippen LogP contribution in [0.3, 0.4) is 0 Å². The summed E-state index contributed by atoms with van der Waals surface area (Å²) in [5.41, 5.74) is 2.43. The molecule has 0 radical (unpaired) electrons. The Balaban J connectivity index is 1.61. The Morgan fingerprint density at radius 1 is 1.25 bits per heavy atom. The van der Waals surface area contributed by atoms with Crippen molar-refractivity contribution in [3.8, 4) is 0 Å². The van der Waals surface area contributed by atoms with Crippen LogP contribution < -0.4 is 15.8 Å². The highest BCUT2D eigenvalue weighted by molar-refractivity contribution is 5.80. The quantitative estimate of drug-likeness (QED) is 0.608. The molecule has 0 unspecified atom stereocenters. The molecule has 150 valence electrons. The van der Waals surface area contributed by atoms with Crippen molar-refractivity contribution in [3.05, 3.63) is 52.3 Å². The summed E-state index contributed by atoms with van der Waals surface area (Å²) >= 11 is 0. The van der Waals surface area contributed by atoms with Gasteiger partial charge in [-0.15, -0.1) is 0 Å². The van der Waals surface area contributed by atoms with E-state index >= 15 is 0 Å². The van der Waals surface area contributed by atoms with E-state index in [1.54, 1.807) is 24.0 Å². The summed E-state index contributed by atoms with van der Waals surface area (Å²) in [6.07, 6.45) is 7.98. The van der Waals surface area contributed by atoms with E-state index in [9.17, 15) is 4.79 Å². The zero-order chi connectivity index (χ0) is 19.9. The number of guanidine groups is 1. The Morgan fingerprint density at radius 3 is 2.75 bits per heavy atom. The number of hydrogen-bond donors (Lipinski definition) is 1. The van der Waals surface area contributed by atoms with E-state index in [1.807, 2.05) is 12.4 Å². The highest BCUT2D eigenvalue weighted by Gasteiger charge is 2.22. The maximum Gasteiger partial charge on any atom is 0.293 e. The van der Waals surface area contributed by atoms with Crippen molar-refractivity contribution in [3.63, 3.8) is 0 Å². The SMILES string of the molecule is CCNC(=NCCc1ccncc1C)N1CCN(c2nccn(C)c2=O)CC1. The van der Waals surface area contributed by atoms with E-state index in [0.29, 0.717) is 5.82 Å². The Morgan fingerprint density at radius 2 is 2.04 bits per heavy atom. The van der Waals surface area contributed by atoms with E-state index in [2.05, 4.69) is 45.0 Å². The van der Waals surface area contributed by atoms with Gasteiger partial charge in [-0.05, 0) is 37.5 Å². The summed E-state index contributed by atoms with van der Waals surface area (Å²) in [6, 6.07) is 2.06. The molecule has 0 amide bonds. The Hall–Kier alpha value is -2.90. The molecule has 0 spiro atoms. The Labute approximate surface area is 165 Å². The van der Waals surface area contributed by atoms with Crippen molar-refractivity contribution in [2.24, 2.45) is 12.0 Å². The average molecular weight is 384 g/mol. The molecule has 2 aromatic rings. The molecule has 0 atom stereocenters. The van der Waals surface area contributed by atoms with Crippen LogP contribution in [0.2, 0.25) is 0 Å². The number of piperazine rings is 1. The van der Waals surface area contributed by atoms with Crippen molar-refractivity contribution in [1.82, 2.24) is 24.8 Å². The standard InChI is InChI=1S/C20H29N7O/c1-4-22-20(24-8-6-17-5-7-21-15-16(17)2)27-13-11-26(12-14-27)18-19(28)25(3)10-9-23-18/h5,7,9-10,15H,4,6,8,11-14H2,1-3H3,(H,22,24). The molecule has 1 saturated heterocycles. The van der Waals surface area contributed by atoms with Gasteiger partial charge >= 0.3 is 0 Å². The van der Waals surface area contributed by atoms with Gasteiger partial charge in [-0.1, -0.05) is 0 Å². The summed E-state index contributed by atoms with van der Waals surface area (Å²) in [5, 5.41) is 3.39. The lowest BCUT2D eigenvalue weighted by Gasteiger charge is -2.36. The highest BCUT2D eigenvalue weighted by Crippen LogP contribution is 2.10. The average Bonchev–Trinajstić information content (AvgIpc) is 2.71. The maximum absolute atomic E-state index is 12.3. The molecule has 1 fully saturated rings. The number of pyridine rings is 1. The predicted octanol–water partition coefficient (Wildman–Crippen LogP) is 0.814. The van der Waals surface area contributed by atoms with Crippen LogP contribution >= 0.6 is 0 Å². The first-order chi connectivity index (χ1) is 13.6. The van der Waals surface area contributed by atoms with Crippen molar-refractivity contribution in [2.75, 3.05) is 44.2 Å². The molecule has 8 heteroatoms. The predicted molar refractivity (Wildman–Crippen MR) is 112 cm³/mol. The van der Waals surface area contributed by atoms with Crippen molar-refractivity contribution >= 4 is 11.8 Å². The van der Waals surface area contributed by atoms with Gasteiger partial charge in [0.2, 0.25) is 0 Å². The van der Waals surface area contributed by atoms with Gasteiger partial charge < -0.3 is 19.7 Å². The number of aromatic nitrogens is 3. The first kappa shape index (κ1) is 19.9. The zero-order valence-corrected chi connectivity index (χ0v) is 16.9. The molecule has 0 saturated carbocycles. The van der Waals surface area contributed by atoms with Crippen LogP contribution in [0, 0.1) is 6.92 Å². The number of rotatable bonds is 5. The molecule has 0 aromatic carbocycles. The second-order valence-corrected chi connectivity index (χ2v) is 6.93. The van der Waals surface area contributed by atoms with Crippen LogP contribution in [0.5, 0.6) is 0 Å². The summed E-state index contributed by atoms with van der Waals surface area (Å²) < 4.78 is 1.57.